The quantitative estimate of drug-likeness (QED) is 0.942. The normalized spacial score (nSPS) is 18.9. The van der Waals surface area contributed by atoms with Gasteiger partial charge in [-0.05, 0) is 37.8 Å². The third-order valence-electron chi connectivity index (χ3n) is 4.34. The molecule has 1 aliphatic rings. The lowest BCUT2D eigenvalue weighted by Crippen LogP contribution is -2.37. The first-order valence-electron chi connectivity index (χ1n) is 7.98. The largest absolute Gasteiger partial charge is 0.388 e. The second-order valence-corrected chi connectivity index (χ2v) is 6.00. The van der Waals surface area contributed by atoms with E-state index in [0.717, 1.165) is 24.1 Å². The van der Waals surface area contributed by atoms with Gasteiger partial charge < -0.3 is 10.0 Å². The van der Waals surface area contributed by atoms with Crippen LogP contribution < -0.4 is 0 Å². The van der Waals surface area contributed by atoms with Gasteiger partial charge in [0, 0.05) is 18.3 Å². The molecule has 2 heterocycles. The standard InChI is InChI=1S/C18H21N3O2/c1-13-10-16(20-12-19-13)18(23)21-9-5-8-15(21)11-17(22)14-6-3-2-4-7-14/h2-4,6-7,10,12,15,17,22H,5,8-9,11H2,1H3. The molecular formula is C18H21N3O2. The number of hydrogen-bond donors (Lipinski definition) is 1. The molecule has 5 nitrogen and oxygen atoms in total. The van der Waals surface area contributed by atoms with E-state index in [-0.39, 0.29) is 11.9 Å². The van der Waals surface area contributed by atoms with Crippen LogP contribution >= 0.6 is 0 Å². The summed E-state index contributed by atoms with van der Waals surface area (Å²) in [6, 6.07) is 11.4. The number of hydrogen-bond acceptors (Lipinski definition) is 4. The molecule has 2 aromatic rings. The van der Waals surface area contributed by atoms with Crippen LogP contribution in [0.25, 0.3) is 0 Å². The van der Waals surface area contributed by atoms with Gasteiger partial charge in [0.05, 0.1) is 6.10 Å². The first kappa shape index (κ1) is 15.6. The third kappa shape index (κ3) is 3.56. The van der Waals surface area contributed by atoms with Gasteiger partial charge >= 0.3 is 0 Å². The molecule has 23 heavy (non-hydrogen) atoms. The van der Waals surface area contributed by atoms with E-state index in [9.17, 15) is 9.90 Å². The van der Waals surface area contributed by atoms with Crippen molar-refractivity contribution in [2.24, 2.45) is 0 Å². The van der Waals surface area contributed by atoms with Crippen LogP contribution in [0.4, 0.5) is 0 Å². The third-order valence-corrected chi connectivity index (χ3v) is 4.34. The number of aliphatic hydroxyl groups is 1. The molecule has 5 heteroatoms. The monoisotopic (exact) mass is 311 g/mol. The number of likely N-dealkylation sites (tertiary alicyclic amines) is 1. The van der Waals surface area contributed by atoms with E-state index < -0.39 is 6.10 Å². The summed E-state index contributed by atoms with van der Waals surface area (Å²) in [5.74, 6) is -0.0711. The molecule has 1 N–H and O–H groups in total. The van der Waals surface area contributed by atoms with E-state index >= 15 is 0 Å². The highest BCUT2D eigenvalue weighted by molar-refractivity contribution is 5.92. The highest BCUT2D eigenvalue weighted by Gasteiger charge is 2.31. The Hall–Kier alpha value is -2.27. The second kappa shape index (κ2) is 6.87. The van der Waals surface area contributed by atoms with Crippen molar-refractivity contribution in [3.63, 3.8) is 0 Å². The van der Waals surface area contributed by atoms with E-state index in [0.29, 0.717) is 18.7 Å². The highest BCUT2D eigenvalue weighted by atomic mass is 16.3. The lowest BCUT2D eigenvalue weighted by Gasteiger charge is -2.26. The zero-order valence-corrected chi connectivity index (χ0v) is 13.2. The molecule has 1 saturated heterocycles. The summed E-state index contributed by atoms with van der Waals surface area (Å²) < 4.78 is 0. The summed E-state index contributed by atoms with van der Waals surface area (Å²) in [7, 11) is 0. The van der Waals surface area contributed by atoms with E-state index in [1.807, 2.05) is 42.2 Å². The minimum Gasteiger partial charge on any atom is -0.388 e. The molecule has 1 aliphatic heterocycles. The van der Waals surface area contributed by atoms with Crippen LogP contribution in [0.15, 0.2) is 42.7 Å². The summed E-state index contributed by atoms with van der Waals surface area (Å²) in [5.41, 5.74) is 2.10. The second-order valence-electron chi connectivity index (χ2n) is 6.00. The molecule has 1 aromatic heterocycles. The number of aryl methyl sites for hydroxylation is 1. The van der Waals surface area contributed by atoms with Crippen molar-refractivity contribution in [1.29, 1.82) is 0 Å². The number of nitrogens with zero attached hydrogens (tertiary/aromatic N) is 3. The number of carbonyl (C=O) groups is 1. The van der Waals surface area contributed by atoms with Gasteiger partial charge in [-0.15, -0.1) is 0 Å². The Morgan fingerprint density at radius 3 is 2.87 bits per heavy atom. The molecule has 0 spiro atoms. The Kier molecular flexibility index (Phi) is 4.67. The topological polar surface area (TPSA) is 66.3 Å². The molecule has 0 aliphatic carbocycles. The lowest BCUT2D eigenvalue weighted by atomic mass is 10.0. The average molecular weight is 311 g/mol. The molecule has 3 rings (SSSR count). The molecular weight excluding hydrogens is 290 g/mol. The maximum absolute atomic E-state index is 12.7. The fraction of sp³-hybridized carbons (Fsp3) is 0.389. The van der Waals surface area contributed by atoms with E-state index in [2.05, 4.69) is 9.97 Å². The van der Waals surface area contributed by atoms with Crippen LogP contribution in [0.5, 0.6) is 0 Å². The molecule has 0 bridgehead atoms. The van der Waals surface area contributed by atoms with Gasteiger partial charge in [0.15, 0.2) is 0 Å². The molecule has 2 atom stereocenters. The first-order valence-corrected chi connectivity index (χ1v) is 7.98. The van der Waals surface area contributed by atoms with Gasteiger partial charge in [0.25, 0.3) is 5.91 Å². The van der Waals surface area contributed by atoms with Crippen molar-refractivity contribution in [3.05, 3.63) is 59.7 Å². The molecule has 1 fully saturated rings. The molecule has 0 radical (unpaired) electrons. The van der Waals surface area contributed by atoms with Crippen LogP contribution in [0, 0.1) is 6.92 Å². The number of aromatic nitrogens is 2. The summed E-state index contributed by atoms with van der Waals surface area (Å²) in [4.78, 5) is 22.6. The van der Waals surface area contributed by atoms with E-state index in [1.54, 1.807) is 6.07 Å². The summed E-state index contributed by atoms with van der Waals surface area (Å²) in [6.07, 6.45) is 3.30. The van der Waals surface area contributed by atoms with Gasteiger partial charge in [-0.25, -0.2) is 9.97 Å². The molecule has 120 valence electrons. The van der Waals surface area contributed by atoms with Gasteiger partial charge in [0.1, 0.15) is 12.0 Å². The van der Waals surface area contributed by atoms with Gasteiger partial charge in [-0.3, -0.25) is 4.79 Å². The number of amides is 1. The number of rotatable bonds is 4. The summed E-state index contributed by atoms with van der Waals surface area (Å²) >= 11 is 0. The molecule has 2 unspecified atom stereocenters. The van der Waals surface area contributed by atoms with Crippen molar-refractivity contribution in [2.45, 2.75) is 38.3 Å². The highest BCUT2D eigenvalue weighted by Crippen LogP contribution is 2.28. The maximum Gasteiger partial charge on any atom is 0.272 e. The van der Waals surface area contributed by atoms with Gasteiger partial charge in [-0.2, -0.15) is 0 Å². The van der Waals surface area contributed by atoms with Crippen molar-refractivity contribution in [3.8, 4) is 0 Å². The van der Waals surface area contributed by atoms with Crippen LogP contribution in [-0.2, 0) is 0 Å². The summed E-state index contributed by atoms with van der Waals surface area (Å²) in [5, 5.41) is 10.4. The summed E-state index contributed by atoms with van der Waals surface area (Å²) in [6.45, 7) is 2.56. The van der Waals surface area contributed by atoms with Crippen molar-refractivity contribution >= 4 is 5.91 Å². The predicted octanol–water partition coefficient (Wildman–Crippen LogP) is 2.51. The van der Waals surface area contributed by atoms with Crippen molar-refractivity contribution < 1.29 is 9.90 Å². The van der Waals surface area contributed by atoms with Crippen molar-refractivity contribution in [2.75, 3.05) is 6.54 Å². The zero-order valence-electron chi connectivity index (χ0n) is 13.2. The van der Waals surface area contributed by atoms with Crippen LogP contribution in [0.3, 0.4) is 0 Å². The van der Waals surface area contributed by atoms with Crippen LogP contribution in [-0.4, -0.2) is 38.5 Å². The van der Waals surface area contributed by atoms with Gasteiger partial charge in [-0.1, -0.05) is 30.3 Å². The minimum atomic E-state index is -0.554. The Labute approximate surface area is 136 Å². The molecule has 1 aromatic carbocycles. The van der Waals surface area contributed by atoms with E-state index in [4.69, 9.17) is 0 Å². The Balaban J connectivity index is 1.71. The van der Waals surface area contributed by atoms with Crippen LogP contribution in [0.1, 0.15) is 47.1 Å². The lowest BCUT2D eigenvalue weighted by molar-refractivity contribution is 0.0661. The predicted molar refractivity (Wildman–Crippen MR) is 86.8 cm³/mol. The Morgan fingerprint density at radius 2 is 2.13 bits per heavy atom. The van der Waals surface area contributed by atoms with Gasteiger partial charge in [0.2, 0.25) is 0 Å². The number of aliphatic hydroxyl groups excluding tert-OH is 1. The SMILES string of the molecule is Cc1cc(C(=O)N2CCCC2CC(O)c2ccccc2)ncn1. The fourth-order valence-electron chi connectivity index (χ4n) is 3.14. The molecule has 0 saturated carbocycles. The fourth-order valence-corrected chi connectivity index (χ4v) is 3.14. The first-order chi connectivity index (χ1) is 11.1. The smallest absolute Gasteiger partial charge is 0.272 e. The van der Waals surface area contributed by atoms with Crippen LogP contribution in [0.2, 0.25) is 0 Å². The number of carbonyl (C=O) groups excluding carboxylic acids is 1. The van der Waals surface area contributed by atoms with Crippen molar-refractivity contribution in [1.82, 2.24) is 14.9 Å². The zero-order chi connectivity index (χ0) is 16.2. The average Bonchev–Trinajstić information content (AvgIpc) is 3.03. The Bertz CT molecular complexity index is 675. The Morgan fingerprint density at radius 1 is 1.35 bits per heavy atom. The number of benzene rings is 1. The van der Waals surface area contributed by atoms with E-state index in [1.165, 1.54) is 6.33 Å². The maximum atomic E-state index is 12.7. The minimum absolute atomic E-state index is 0.0491. The molecule has 1 amide bonds.